The van der Waals surface area contributed by atoms with Gasteiger partial charge in [0.15, 0.2) is 0 Å². The molecular weight excluding hydrogens is 288 g/mol. The van der Waals surface area contributed by atoms with Crippen molar-refractivity contribution in [3.8, 4) is 0 Å². The molecule has 5 nitrogen and oxygen atoms in total. The molecule has 0 unspecified atom stereocenters. The third-order valence-electron chi connectivity index (χ3n) is 5.24. The van der Waals surface area contributed by atoms with Gasteiger partial charge in [0, 0.05) is 19.6 Å². The number of para-hydroxylation sites is 2. The van der Waals surface area contributed by atoms with Crippen LogP contribution in [0, 0.1) is 5.92 Å². The standard InChI is InChI=1S/C18H24N4O/c1-2-21-15-7-4-3-6-14(15)20-17(21)16-8-5-11-22(16)18(23)13-9-10-19-12-13/h3-4,6-7,13,16,19H,2,5,8-12H2,1H3/t13-,16-/m0/s1. The van der Waals surface area contributed by atoms with Crippen molar-refractivity contribution >= 4 is 16.9 Å². The molecule has 2 aliphatic heterocycles. The summed E-state index contributed by atoms with van der Waals surface area (Å²) in [5.41, 5.74) is 2.21. The first-order valence-electron chi connectivity index (χ1n) is 8.76. The lowest BCUT2D eigenvalue weighted by atomic mass is 10.1. The van der Waals surface area contributed by atoms with Gasteiger partial charge in [0.2, 0.25) is 5.91 Å². The summed E-state index contributed by atoms with van der Waals surface area (Å²) in [6.07, 6.45) is 3.06. The number of likely N-dealkylation sites (tertiary alicyclic amines) is 1. The number of aryl methyl sites for hydroxylation is 1. The highest BCUT2D eigenvalue weighted by atomic mass is 16.2. The fraction of sp³-hybridized carbons (Fsp3) is 0.556. The molecular formula is C18H24N4O. The third-order valence-corrected chi connectivity index (χ3v) is 5.24. The van der Waals surface area contributed by atoms with Crippen LogP contribution in [0.25, 0.3) is 11.0 Å². The Balaban J connectivity index is 1.69. The van der Waals surface area contributed by atoms with Crippen LogP contribution in [0.5, 0.6) is 0 Å². The largest absolute Gasteiger partial charge is 0.332 e. The minimum atomic E-state index is 0.135. The highest BCUT2D eigenvalue weighted by molar-refractivity contribution is 5.81. The summed E-state index contributed by atoms with van der Waals surface area (Å²) in [6, 6.07) is 8.41. The van der Waals surface area contributed by atoms with Crippen molar-refractivity contribution in [3.05, 3.63) is 30.1 Å². The lowest BCUT2D eigenvalue weighted by molar-refractivity contribution is -0.136. The van der Waals surface area contributed by atoms with E-state index in [9.17, 15) is 4.79 Å². The second kappa shape index (κ2) is 5.96. The lowest BCUT2D eigenvalue weighted by Crippen LogP contribution is -2.37. The van der Waals surface area contributed by atoms with Crippen LogP contribution in [-0.4, -0.2) is 40.0 Å². The summed E-state index contributed by atoms with van der Waals surface area (Å²) in [5.74, 6) is 1.52. The van der Waals surface area contributed by atoms with Gasteiger partial charge in [-0.1, -0.05) is 12.1 Å². The van der Waals surface area contributed by atoms with Crippen LogP contribution < -0.4 is 5.32 Å². The number of rotatable bonds is 3. The number of fused-ring (bicyclic) bond motifs is 1. The van der Waals surface area contributed by atoms with Gasteiger partial charge in [0.05, 0.1) is 23.0 Å². The normalized spacial score (nSPS) is 24.7. The second-order valence-electron chi connectivity index (χ2n) is 6.58. The Kier molecular flexibility index (Phi) is 3.81. The number of benzene rings is 1. The van der Waals surface area contributed by atoms with E-state index in [-0.39, 0.29) is 12.0 Å². The summed E-state index contributed by atoms with van der Waals surface area (Å²) >= 11 is 0. The van der Waals surface area contributed by atoms with E-state index in [0.29, 0.717) is 5.91 Å². The van der Waals surface area contributed by atoms with Gasteiger partial charge < -0.3 is 14.8 Å². The van der Waals surface area contributed by atoms with Crippen LogP contribution in [0.1, 0.15) is 38.1 Å². The van der Waals surface area contributed by atoms with Crippen molar-refractivity contribution in [2.24, 2.45) is 5.92 Å². The van der Waals surface area contributed by atoms with Crippen LogP contribution in [0.2, 0.25) is 0 Å². The molecule has 3 heterocycles. The molecule has 2 fully saturated rings. The number of amides is 1. The maximum atomic E-state index is 12.9. The number of carbonyl (C=O) groups excluding carboxylic acids is 1. The van der Waals surface area contributed by atoms with E-state index in [4.69, 9.17) is 4.98 Å². The zero-order chi connectivity index (χ0) is 15.8. The van der Waals surface area contributed by atoms with Gasteiger partial charge in [-0.25, -0.2) is 4.98 Å². The molecule has 1 aromatic heterocycles. The van der Waals surface area contributed by atoms with Gasteiger partial charge in [-0.05, 0) is 44.9 Å². The first-order chi connectivity index (χ1) is 11.3. The molecule has 0 spiro atoms. The van der Waals surface area contributed by atoms with E-state index in [1.165, 1.54) is 5.52 Å². The van der Waals surface area contributed by atoms with Gasteiger partial charge in [-0.3, -0.25) is 4.79 Å². The summed E-state index contributed by atoms with van der Waals surface area (Å²) < 4.78 is 2.28. The molecule has 2 atom stereocenters. The van der Waals surface area contributed by atoms with Crippen molar-refractivity contribution in [2.45, 2.75) is 38.8 Å². The van der Waals surface area contributed by atoms with Crippen LogP contribution in [0.15, 0.2) is 24.3 Å². The third kappa shape index (κ3) is 2.43. The van der Waals surface area contributed by atoms with Gasteiger partial charge in [-0.15, -0.1) is 0 Å². The van der Waals surface area contributed by atoms with Gasteiger partial charge in [0.25, 0.3) is 0 Å². The van der Waals surface area contributed by atoms with Crippen molar-refractivity contribution in [3.63, 3.8) is 0 Å². The van der Waals surface area contributed by atoms with Crippen molar-refractivity contribution in [1.29, 1.82) is 0 Å². The molecule has 2 saturated heterocycles. The van der Waals surface area contributed by atoms with E-state index in [1.54, 1.807) is 0 Å². The van der Waals surface area contributed by atoms with E-state index >= 15 is 0 Å². The molecule has 122 valence electrons. The number of nitrogens with one attached hydrogen (secondary N) is 1. The summed E-state index contributed by atoms with van der Waals surface area (Å²) in [5, 5.41) is 3.31. The Hall–Kier alpha value is -1.88. The number of carbonyl (C=O) groups is 1. The maximum absolute atomic E-state index is 12.9. The van der Waals surface area contributed by atoms with E-state index in [1.807, 2.05) is 6.07 Å². The molecule has 23 heavy (non-hydrogen) atoms. The second-order valence-corrected chi connectivity index (χ2v) is 6.58. The predicted octanol–water partition coefficient (Wildman–Crippen LogP) is 2.33. The summed E-state index contributed by atoms with van der Waals surface area (Å²) in [7, 11) is 0. The lowest BCUT2D eigenvalue weighted by Gasteiger charge is -2.27. The fourth-order valence-electron chi connectivity index (χ4n) is 4.08. The Labute approximate surface area is 136 Å². The average Bonchev–Trinajstić information content (AvgIpc) is 3.31. The van der Waals surface area contributed by atoms with Crippen LogP contribution >= 0.6 is 0 Å². The highest BCUT2D eigenvalue weighted by Gasteiger charge is 2.37. The predicted molar refractivity (Wildman–Crippen MR) is 90.1 cm³/mol. The van der Waals surface area contributed by atoms with Crippen LogP contribution in [-0.2, 0) is 11.3 Å². The van der Waals surface area contributed by atoms with Crippen molar-refractivity contribution in [1.82, 2.24) is 19.8 Å². The molecule has 2 aromatic rings. The zero-order valence-electron chi connectivity index (χ0n) is 13.7. The molecule has 1 N–H and O–H groups in total. The van der Waals surface area contributed by atoms with E-state index in [2.05, 4.69) is 39.9 Å². The number of nitrogens with zero attached hydrogens (tertiary/aromatic N) is 3. The van der Waals surface area contributed by atoms with Crippen LogP contribution in [0.3, 0.4) is 0 Å². The van der Waals surface area contributed by atoms with Gasteiger partial charge in [0.1, 0.15) is 5.82 Å². The highest BCUT2D eigenvalue weighted by Crippen LogP contribution is 2.35. The number of hydrogen-bond acceptors (Lipinski definition) is 3. The Morgan fingerprint density at radius 2 is 2.22 bits per heavy atom. The SMILES string of the molecule is CCn1c([C@@H]2CCCN2C(=O)[C@H]2CCNC2)nc2ccccc21. The molecule has 1 aromatic carbocycles. The molecule has 4 rings (SSSR count). The molecule has 0 saturated carbocycles. The maximum Gasteiger partial charge on any atom is 0.227 e. The van der Waals surface area contributed by atoms with Crippen molar-refractivity contribution in [2.75, 3.05) is 19.6 Å². The molecule has 0 radical (unpaired) electrons. The summed E-state index contributed by atoms with van der Waals surface area (Å²) in [6.45, 7) is 5.69. The topological polar surface area (TPSA) is 50.2 Å². The molecule has 1 amide bonds. The number of hydrogen-bond donors (Lipinski definition) is 1. The first-order valence-corrected chi connectivity index (χ1v) is 8.76. The molecule has 5 heteroatoms. The Bertz CT molecular complexity index is 717. The van der Waals surface area contributed by atoms with E-state index in [0.717, 1.165) is 56.8 Å². The fourth-order valence-corrected chi connectivity index (χ4v) is 4.08. The Morgan fingerprint density at radius 3 is 3.00 bits per heavy atom. The van der Waals surface area contributed by atoms with Crippen LogP contribution in [0.4, 0.5) is 0 Å². The van der Waals surface area contributed by atoms with E-state index < -0.39 is 0 Å². The molecule has 2 aliphatic rings. The molecule has 0 aliphatic carbocycles. The Morgan fingerprint density at radius 1 is 1.35 bits per heavy atom. The van der Waals surface area contributed by atoms with Gasteiger partial charge >= 0.3 is 0 Å². The summed E-state index contributed by atoms with van der Waals surface area (Å²) in [4.78, 5) is 19.9. The number of imidazole rings is 1. The quantitative estimate of drug-likeness (QED) is 0.946. The van der Waals surface area contributed by atoms with Crippen molar-refractivity contribution < 1.29 is 4.79 Å². The smallest absolute Gasteiger partial charge is 0.227 e. The minimum Gasteiger partial charge on any atom is -0.332 e. The molecule has 0 bridgehead atoms. The first kappa shape index (κ1) is 14.7. The zero-order valence-corrected chi connectivity index (χ0v) is 13.7. The monoisotopic (exact) mass is 312 g/mol. The number of aromatic nitrogens is 2. The van der Waals surface area contributed by atoms with Gasteiger partial charge in [-0.2, -0.15) is 0 Å². The minimum absolute atomic E-state index is 0.135. The average molecular weight is 312 g/mol.